The van der Waals surface area contributed by atoms with E-state index in [0.29, 0.717) is 22.9 Å². The van der Waals surface area contributed by atoms with Crippen molar-refractivity contribution in [2.75, 3.05) is 5.75 Å². The Morgan fingerprint density at radius 2 is 1.60 bits per heavy atom. The maximum atomic E-state index is 14.7. The summed E-state index contributed by atoms with van der Waals surface area (Å²) in [5, 5.41) is 1.14. The van der Waals surface area contributed by atoms with E-state index in [4.69, 9.17) is 23.2 Å². The number of hydrogen-bond donors (Lipinski definition) is 0. The molecule has 1 aliphatic rings. The maximum Gasteiger partial charge on any atom is 0.229 e. The number of piperidine rings is 1. The smallest absolute Gasteiger partial charge is 0.229 e. The van der Waals surface area contributed by atoms with Crippen LogP contribution in [0, 0.1) is 10.8 Å². The fraction of sp³-hybridized carbons (Fsp3) is 0.562. The topological polar surface area (TPSA) is 71.5 Å². The van der Waals surface area contributed by atoms with Crippen molar-refractivity contribution in [2.45, 2.75) is 97.4 Å². The second kappa shape index (κ2) is 11.8. The third-order valence-electron chi connectivity index (χ3n) is 8.19. The molecule has 220 valence electrons. The first-order valence-electron chi connectivity index (χ1n) is 13.9. The number of carbonyl (C=O) groups excluding carboxylic acids is 2. The van der Waals surface area contributed by atoms with Crippen LogP contribution in [0.3, 0.4) is 0 Å². The molecule has 2 aromatic rings. The van der Waals surface area contributed by atoms with Gasteiger partial charge in [0, 0.05) is 33.8 Å². The molecular formula is C32H43Cl2NO4S. The molecule has 1 heterocycles. The van der Waals surface area contributed by atoms with Gasteiger partial charge in [-0.05, 0) is 69.0 Å². The summed E-state index contributed by atoms with van der Waals surface area (Å²) in [7, 11) is -3.57. The molecule has 0 unspecified atom stereocenters. The van der Waals surface area contributed by atoms with Gasteiger partial charge < -0.3 is 4.90 Å². The van der Waals surface area contributed by atoms with Crippen LogP contribution in [0.25, 0.3) is 0 Å². The Balaban J connectivity index is 2.29. The molecule has 1 aliphatic heterocycles. The van der Waals surface area contributed by atoms with Crippen LogP contribution in [0.4, 0.5) is 0 Å². The van der Waals surface area contributed by atoms with Crippen LogP contribution in [-0.2, 0) is 19.4 Å². The van der Waals surface area contributed by atoms with Gasteiger partial charge in [-0.3, -0.25) is 9.59 Å². The highest BCUT2D eigenvalue weighted by Gasteiger charge is 2.53. The molecule has 40 heavy (non-hydrogen) atoms. The van der Waals surface area contributed by atoms with E-state index in [0.717, 1.165) is 11.1 Å². The number of halogens is 2. The van der Waals surface area contributed by atoms with E-state index in [-0.39, 0.29) is 29.8 Å². The summed E-state index contributed by atoms with van der Waals surface area (Å²) < 4.78 is 26.0. The normalized spacial score (nSPS) is 23.2. The molecule has 2 aromatic carbocycles. The number of nitrogens with zero attached hydrogens (tertiary/aromatic N) is 1. The summed E-state index contributed by atoms with van der Waals surface area (Å²) >= 11 is 12.7. The molecule has 4 atom stereocenters. The molecule has 0 saturated carbocycles. The van der Waals surface area contributed by atoms with Crippen molar-refractivity contribution in [1.82, 2.24) is 4.90 Å². The van der Waals surface area contributed by atoms with Crippen molar-refractivity contribution < 1.29 is 18.0 Å². The minimum Gasteiger partial charge on any atom is -0.331 e. The van der Waals surface area contributed by atoms with E-state index in [1.165, 1.54) is 0 Å². The van der Waals surface area contributed by atoms with Crippen molar-refractivity contribution in [1.29, 1.82) is 0 Å². The van der Waals surface area contributed by atoms with Gasteiger partial charge in [0.2, 0.25) is 5.91 Å². The molecule has 0 radical (unpaired) electrons. The van der Waals surface area contributed by atoms with Gasteiger partial charge in [0.05, 0.1) is 22.0 Å². The second-order valence-corrected chi connectivity index (χ2v) is 17.1. The highest BCUT2D eigenvalue weighted by Crippen LogP contribution is 2.53. The minimum absolute atomic E-state index is 0.00607. The summed E-state index contributed by atoms with van der Waals surface area (Å²) in [6, 6.07) is 13.9. The SMILES string of the molecule is CC[C@@H](CS(=O)(=O)C(C)(C)C)N1C(=O)[C@@](C)(CC(=O)C(C)(C)C)C[C@H](c2cccc(Cl)c2)[C@H]1c1ccc(Cl)cc1. The van der Waals surface area contributed by atoms with Crippen LogP contribution >= 0.6 is 23.2 Å². The minimum atomic E-state index is -3.57. The zero-order chi connectivity index (χ0) is 30.3. The fourth-order valence-corrected chi connectivity index (χ4v) is 7.19. The Morgan fingerprint density at radius 1 is 1.00 bits per heavy atom. The molecular weight excluding hydrogens is 565 g/mol. The standard InChI is InChI=1S/C32H43Cl2NO4S/c1-9-25(20-40(38,39)31(5,6)7)35-28(21-13-15-23(33)16-14-21)26(22-11-10-12-24(34)17-22)18-32(8,29(35)37)19-27(36)30(2,3)4/h10-17,25-26,28H,9,18-20H2,1-8H3/t25-,26+,28+,32+/m0/s1. The monoisotopic (exact) mass is 607 g/mol. The summed E-state index contributed by atoms with van der Waals surface area (Å²) in [5.74, 6) is -0.608. The quantitative estimate of drug-likeness (QED) is 0.304. The average Bonchev–Trinajstić information content (AvgIpc) is 2.83. The lowest BCUT2D eigenvalue weighted by molar-refractivity contribution is -0.157. The predicted octanol–water partition coefficient (Wildman–Crippen LogP) is 8.05. The van der Waals surface area contributed by atoms with E-state index in [2.05, 4.69) is 0 Å². The second-order valence-electron chi connectivity index (χ2n) is 13.4. The van der Waals surface area contributed by atoms with Crippen molar-refractivity contribution in [3.63, 3.8) is 0 Å². The van der Waals surface area contributed by atoms with Gasteiger partial charge in [0.25, 0.3) is 0 Å². The number of sulfone groups is 1. The van der Waals surface area contributed by atoms with Crippen LogP contribution in [0.1, 0.15) is 97.7 Å². The van der Waals surface area contributed by atoms with Crippen molar-refractivity contribution >= 4 is 44.7 Å². The summed E-state index contributed by atoms with van der Waals surface area (Å²) in [4.78, 5) is 29.8. The largest absolute Gasteiger partial charge is 0.331 e. The van der Waals surface area contributed by atoms with Gasteiger partial charge in [-0.25, -0.2) is 8.42 Å². The summed E-state index contributed by atoms with van der Waals surface area (Å²) in [6.07, 6.45) is 0.926. The molecule has 8 heteroatoms. The van der Waals surface area contributed by atoms with Gasteiger partial charge in [-0.2, -0.15) is 0 Å². The van der Waals surface area contributed by atoms with Crippen molar-refractivity contribution in [3.8, 4) is 0 Å². The molecule has 1 fully saturated rings. The van der Waals surface area contributed by atoms with E-state index >= 15 is 0 Å². The van der Waals surface area contributed by atoms with Crippen LogP contribution < -0.4 is 0 Å². The highest BCUT2D eigenvalue weighted by atomic mass is 35.5. The first-order valence-corrected chi connectivity index (χ1v) is 16.3. The predicted molar refractivity (Wildman–Crippen MR) is 165 cm³/mol. The number of ketones is 1. The Bertz CT molecular complexity index is 1340. The highest BCUT2D eigenvalue weighted by molar-refractivity contribution is 7.92. The molecule has 0 spiro atoms. The Labute approximate surface area is 250 Å². The Morgan fingerprint density at radius 3 is 2.10 bits per heavy atom. The summed E-state index contributed by atoms with van der Waals surface area (Å²) in [5.41, 5.74) is 0.150. The molecule has 0 aliphatic carbocycles. The van der Waals surface area contributed by atoms with E-state index < -0.39 is 37.5 Å². The first-order chi connectivity index (χ1) is 18.3. The van der Waals surface area contributed by atoms with Gasteiger partial charge in [-0.15, -0.1) is 0 Å². The number of likely N-dealkylation sites (tertiary alicyclic amines) is 1. The number of hydrogen-bond acceptors (Lipinski definition) is 4. The molecule has 0 aromatic heterocycles. The molecule has 3 rings (SSSR count). The lowest BCUT2D eigenvalue weighted by Crippen LogP contribution is -2.58. The zero-order valence-electron chi connectivity index (χ0n) is 24.9. The number of carbonyl (C=O) groups is 2. The number of amides is 1. The van der Waals surface area contributed by atoms with Gasteiger partial charge in [0.15, 0.2) is 9.84 Å². The lowest BCUT2D eigenvalue weighted by atomic mass is 9.65. The lowest BCUT2D eigenvalue weighted by Gasteiger charge is -2.52. The first kappa shape index (κ1) is 32.6. The van der Waals surface area contributed by atoms with E-state index in [1.54, 1.807) is 43.9 Å². The zero-order valence-corrected chi connectivity index (χ0v) is 27.3. The third kappa shape index (κ3) is 6.94. The van der Waals surface area contributed by atoms with Crippen LogP contribution in [-0.4, -0.2) is 41.5 Å². The molecule has 1 amide bonds. The van der Waals surface area contributed by atoms with Crippen LogP contribution in [0.15, 0.2) is 48.5 Å². The average molecular weight is 609 g/mol. The third-order valence-corrected chi connectivity index (χ3v) is 11.4. The van der Waals surface area contributed by atoms with Crippen molar-refractivity contribution in [2.24, 2.45) is 10.8 Å². The van der Waals surface area contributed by atoms with Crippen molar-refractivity contribution in [3.05, 3.63) is 69.7 Å². The van der Waals surface area contributed by atoms with E-state index in [1.807, 2.05) is 65.0 Å². The number of rotatable bonds is 8. The molecule has 1 saturated heterocycles. The Hall–Kier alpha value is -1.89. The molecule has 5 nitrogen and oxygen atoms in total. The maximum absolute atomic E-state index is 14.7. The fourth-order valence-electron chi connectivity index (χ4n) is 5.46. The van der Waals surface area contributed by atoms with Gasteiger partial charge in [0.1, 0.15) is 5.78 Å². The van der Waals surface area contributed by atoms with Crippen LogP contribution in [0.5, 0.6) is 0 Å². The number of Topliss-reactive ketones (excluding diaryl/α,β-unsaturated/α-hetero) is 1. The summed E-state index contributed by atoms with van der Waals surface area (Å²) in [6.45, 7) is 14.4. The van der Waals surface area contributed by atoms with Gasteiger partial charge >= 0.3 is 0 Å². The van der Waals surface area contributed by atoms with E-state index in [9.17, 15) is 18.0 Å². The number of benzene rings is 2. The Kier molecular flexibility index (Phi) is 9.60. The van der Waals surface area contributed by atoms with Crippen LogP contribution in [0.2, 0.25) is 10.0 Å². The molecule has 0 N–H and O–H groups in total. The van der Waals surface area contributed by atoms with Gasteiger partial charge in [-0.1, -0.05) is 82.1 Å². The molecule has 0 bridgehead atoms.